The van der Waals surface area contributed by atoms with Crippen LogP contribution in [0, 0.1) is 0 Å². The van der Waals surface area contributed by atoms with Gasteiger partial charge in [0.1, 0.15) is 0 Å². The van der Waals surface area contributed by atoms with Gasteiger partial charge < -0.3 is 15.2 Å². The fourth-order valence-corrected chi connectivity index (χ4v) is 2.50. The number of rotatable bonds is 7. The number of nitrogens with one attached hydrogen (secondary N) is 2. The van der Waals surface area contributed by atoms with Crippen LogP contribution in [0.15, 0.2) is 29.2 Å². The third-order valence-electron chi connectivity index (χ3n) is 2.67. The Labute approximate surface area is 122 Å². The van der Waals surface area contributed by atoms with Gasteiger partial charge in [-0.05, 0) is 24.3 Å². The standard InChI is InChI=1S/C12H16N2O6S/c1-13-11(15)8-3-5-9(6-4-8)21(18,19)14-7-10(20-2)12(16)17/h3-6,10,14H,7H2,1-2H3,(H,13,15)(H,16,17). The Balaban J connectivity index is 2.83. The Kier molecular flexibility index (Phi) is 5.82. The van der Waals surface area contributed by atoms with Crippen LogP contribution in [-0.4, -0.2) is 52.2 Å². The van der Waals surface area contributed by atoms with E-state index in [1.54, 1.807) is 0 Å². The van der Waals surface area contributed by atoms with Crippen LogP contribution in [0.25, 0.3) is 0 Å². The molecule has 116 valence electrons. The van der Waals surface area contributed by atoms with Gasteiger partial charge in [0.15, 0.2) is 6.10 Å². The van der Waals surface area contributed by atoms with Crippen LogP contribution in [-0.2, 0) is 19.6 Å². The molecule has 21 heavy (non-hydrogen) atoms. The zero-order valence-corrected chi connectivity index (χ0v) is 12.3. The first-order valence-corrected chi connectivity index (χ1v) is 7.37. The van der Waals surface area contributed by atoms with Crippen molar-refractivity contribution in [3.8, 4) is 0 Å². The monoisotopic (exact) mass is 316 g/mol. The van der Waals surface area contributed by atoms with Gasteiger partial charge in [-0.25, -0.2) is 17.9 Å². The highest BCUT2D eigenvalue weighted by molar-refractivity contribution is 7.89. The van der Waals surface area contributed by atoms with Gasteiger partial charge in [0.05, 0.1) is 4.90 Å². The molecule has 1 unspecified atom stereocenters. The maximum Gasteiger partial charge on any atom is 0.334 e. The highest BCUT2D eigenvalue weighted by Gasteiger charge is 2.21. The van der Waals surface area contributed by atoms with Gasteiger partial charge in [-0.15, -0.1) is 0 Å². The zero-order chi connectivity index (χ0) is 16.0. The van der Waals surface area contributed by atoms with Gasteiger partial charge in [0.2, 0.25) is 10.0 Å². The molecule has 0 radical (unpaired) electrons. The number of hydrogen-bond acceptors (Lipinski definition) is 5. The summed E-state index contributed by atoms with van der Waals surface area (Å²) < 4.78 is 30.7. The number of benzene rings is 1. The Morgan fingerprint density at radius 3 is 2.29 bits per heavy atom. The van der Waals surface area contributed by atoms with Gasteiger partial charge in [-0.2, -0.15) is 0 Å². The molecular weight excluding hydrogens is 300 g/mol. The van der Waals surface area contributed by atoms with E-state index in [0.717, 1.165) is 0 Å². The minimum absolute atomic E-state index is 0.0737. The van der Waals surface area contributed by atoms with Crippen LogP contribution in [0.5, 0.6) is 0 Å². The number of carboxylic acids is 1. The molecule has 0 aliphatic carbocycles. The molecule has 0 spiro atoms. The molecule has 0 bridgehead atoms. The van der Waals surface area contributed by atoms with Crippen LogP contribution in [0.3, 0.4) is 0 Å². The number of amides is 1. The Morgan fingerprint density at radius 2 is 1.86 bits per heavy atom. The molecular formula is C12H16N2O6S. The summed E-state index contributed by atoms with van der Waals surface area (Å²) in [5.74, 6) is -1.60. The summed E-state index contributed by atoms with van der Waals surface area (Å²) >= 11 is 0. The number of aliphatic carboxylic acids is 1. The third-order valence-corrected chi connectivity index (χ3v) is 4.11. The maximum atomic E-state index is 12.0. The summed E-state index contributed by atoms with van der Waals surface area (Å²) in [6.07, 6.45) is -1.27. The second kappa shape index (κ2) is 7.16. The fourth-order valence-electron chi connectivity index (χ4n) is 1.47. The molecule has 0 aliphatic heterocycles. The lowest BCUT2D eigenvalue weighted by atomic mass is 10.2. The first kappa shape index (κ1) is 17.1. The highest BCUT2D eigenvalue weighted by Crippen LogP contribution is 2.10. The van der Waals surface area contributed by atoms with Crippen molar-refractivity contribution in [2.45, 2.75) is 11.0 Å². The number of carbonyl (C=O) groups is 2. The number of methoxy groups -OCH3 is 1. The van der Waals surface area contributed by atoms with Crippen molar-refractivity contribution in [1.29, 1.82) is 0 Å². The highest BCUT2D eigenvalue weighted by atomic mass is 32.2. The first-order valence-electron chi connectivity index (χ1n) is 5.89. The van der Waals surface area contributed by atoms with E-state index >= 15 is 0 Å². The molecule has 1 amide bonds. The first-order chi connectivity index (χ1) is 9.81. The second-order valence-electron chi connectivity index (χ2n) is 4.02. The molecule has 1 atom stereocenters. The summed E-state index contributed by atoms with van der Waals surface area (Å²) in [7, 11) is -1.24. The van der Waals surface area contributed by atoms with Crippen molar-refractivity contribution in [3.63, 3.8) is 0 Å². The zero-order valence-electron chi connectivity index (χ0n) is 11.5. The lowest BCUT2D eigenvalue weighted by molar-refractivity contribution is -0.147. The minimum atomic E-state index is -3.87. The summed E-state index contributed by atoms with van der Waals surface area (Å²) in [5.41, 5.74) is 0.316. The molecule has 1 aromatic rings. The van der Waals surface area contributed by atoms with E-state index in [-0.39, 0.29) is 10.8 Å². The van der Waals surface area contributed by atoms with Crippen LogP contribution >= 0.6 is 0 Å². The van der Waals surface area contributed by atoms with Crippen LogP contribution in [0.4, 0.5) is 0 Å². The molecule has 1 rings (SSSR count). The fraction of sp³-hybridized carbons (Fsp3) is 0.333. The van der Waals surface area contributed by atoms with Crippen molar-refractivity contribution < 1.29 is 27.9 Å². The summed E-state index contributed by atoms with van der Waals surface area (Å²) in [6, 6.07) is 5.24. The summed E-state index contributed by atoms with van der Waals surface area (Å²) in [6.45, 7) is -0.397. The molecule has 9 heteroatoms. The van der Waals surface area contributed by atoms with Crippen molar-refractivity contribution in [2.75, 3.05) is 20.7 Å². The van der Waals surface area contributed by atoms with Gasteiger partial charge in [0, 0.05) is 26.3 Å². The predicted octanol–water partition coefficient (Wildman–Crippen LogP) is -0.576. The molecule has 0 aromatic heterocycles. The molecule has 0 aliphatic rings. The molecule has 1 aromatic carbocycles. The van der Waals surface area contributed by atoms with E-state index in [2.05, 4.69) is 14.8 Å². The Hall–Kier alpha value is -1.97. The third kappa shape index (κ3) is 4.52. The summed E-state index contributed by atoms with van der Waals surface area (Å²) in [5, 5.41) is 11.2. The van der Waals surface area contributed by atoms with Crippen molar-refractivity contribution >= 4 is 21.9 Å². The van der Waals surface area contributed by atoms with E-state index < -0.39 is 28.6 Å². The van der Waals surface area contributed by atoms with Gasteiger partial charge in [-0.1, -0.05) is 0 Å². The lowest BCUT2D eigenvalue weighted by Gasteiger charge is -2.12. The lowest BCUT2D eigenvalue weighted by Crippen LogP contribution is -2.37. The van der Waals surface area contributed by atoms with Crippen molar-refractivity contribution in [2.24, 2.45) is 0 Å². The largest absolute Gasteiger partial charge is 0.479 e. The minimum Gasteiger partial charge on any atom is -0.479 e. The number of carbonyl (C=O) groups excluding carboxylic acids is 1. The topological polar surface area (TPSA) is 122 Å². The summed E-state index contributed by atoms with van der Waals surface area (Å²) in [4.78, 5) is 22.0. The number of ether oxygens (including phenoxy) is 1. The van der Waals surface area contributed by atoms with Crippen LogP contribution in [0.1, 0.15) is 10.4 Å². The number of hydrogen-bond donors (Lipinski definition) is 3. The van der Waals surface area contributed by atoms with E-state index in [0.29, 0.717) is 5.56 Å². The van der Waals surface area contributed by atoms with Crippen molar-refractivity contribution in [1.82, 2.24) is 10.0 Å². The number of carboxylic acid groups (broad SMARTS) is 1. The molecule has 0 saturated heterocycles. The van der Waals surface area contributed by atoms with Gasteiger partial charge in [-0.3, -0.25) is 4.79 Å². The van der Waals surface area contributed by atoms with E-state index in [4.69, 9.17) is 5.11 Å². The van der Waals surface area contributed by atoms with E-state index in [1.807, 2.05) is 0 Å². The normalized spacial score (nSPS) is 12.7. The van der Waals surface area contributed by atoms with E-state index in [1.165, 1.54) is 38.4 Å². The quantitative estimate of drug-likeness (QED) is 0.619. The Morgan fingerprint density at radius 1 is 1.29 bits per heavy atom. The van der Waals surface area contributed by atoms with Crippen LogP contribution in [0.2, 0.25) is 0 Å². The SMILES string of the molecule is CNC(=O)c1ccc(S(=O)(=O)NCC(OC)C(=O)O)cc1. The predicted molar refractivity (Wildman–Crippen MR) is 73.5 cm³/mol. The smallest absolute Gasteiger partial charge is 0.334 e. The average Bonchev–Trinajstić information content (AvgIpc) is 2.46. The molecule has 0 fully saturated rings. The van der Waals surface area contributed by atoms with Gasteiger partial charge >= 0.3 is 5.97 Å². The molecule has 0 saturated carbocycles. The molecule has 0 heterocycles. The van der Waals surface area contributed by atoms with Gasteiger partial charge in [0.25, 0.3) is 5.91 Å². The maximum absolute atomic E-state index is 12.0. The second-order valence-corrected chi connectivity index (χ2v) is 5.78. The number of sulfonamides is 1. The Bertz CT molecular complexity index is 611. The van der Waals surface area contributed by atoms with Crippen LogP contribution < -0.4 is 10.0 Å². The van der Waals surface area contributed by atoms with Crippen molar-refractivity contribution in [3.05, 3.63) is 29.8 Å². The molecule has 8 nitrogen and oxygen atoms in total. The molecule has 3 N–H and O–H groups in total. The van der Waals surface area contributed by atoms with E-state index in [9.17, 15) is 18.0 Å². The average molecular weight is 316 g/mol.